The van der Waals surface area contributed by atoms with Crippen molar-refractivity contribution in [2.24, 2.45) is 5.92 Å². The Morgan fingerprint density at radius 3 is 2.67 bits per heavy atom. The van der Waals surface area contributed by atoms with Crippen molar-refractivity contribution in [3.63, 3.8) is 0 Å². The Kier molecular flexibility index (Phi) is 4.06. The van der Waals surface area contributed by atoms with Gasteiger partial charge in [-0.1, -0.05) is 36.3 Å². The number of hydrogen-bond acceptors (Lipinski definition) is 0. The smallest absolute Gasteiger partial charge is 0.00909 e. The van der Waals surface area contributed by atoms with Gasteiger partial charge >= 0.3 is 0 Å². The molecule has 0 nitrogen and oxygen atoms in total. The maximum absolute atomic E-state index is 2.48. The largest absolute Gasteiger partial charge is 0.0847 e. The maximum atomic E-state index is 2.48. The van der Waals surface area contributed by atoms with Gasteiger partial charge in [0.2, 0.25) is 0 Å². The number of hydrogen-bond donors (Lipinski definition) is 0. The second-order valence-electron chi connectivity index (χ2n) is 4.54. The van der Waals surface area contributed by atoms with Gasteiger partial charge in [0.1, 0.15) is 0 Å². The van der Waals surface area contributed by atoms with E-state index in [0.29, 0.717) is 0 Å². The van der Waals surface area contributed by atoms with Crippen molar-refractivity contribution in [3.05, 3.63) is 33.0 Å². The molecule has 1 heteroatoms. The summed E-state index contributed by atoms with van der Waals surface area (Å²) in [5.74, 6) is 0.848. The molecule has 1 atom stereocenters. The second-order valence-corrected chi connectivity index (χ2v) is 5.93. The lowest BCUT2D eigenvalue weighted by molar-refractivity contribution is 0.514. The zero-order chi connectivity index (χ0) is 10.7. The molecule has 15 heavy (non-hydrogen) atoms. The van der Waals surface area contributed by atoms with E-state index in [2.05, 4.69) is 47.7 Å². The van der Waals surface area contributed by atoms with E-state index in [4.69, 9.17) is 0 Å². The van der Waals surface area contributed by atoms with Gasteiger partial charge in [-0.2, -0.15) is 0 Å². The van der Waals surface area contributed by atoms with Gasteiger partial charge in [-0.15, -0.1) is 0 Å². The van der Waals surface area contributed by atoms with Gasteiger partial charge in [-0.25, -0.2) is 0 Å². The van der Waals surface area contributed by atoms with Crippen LogP contribution in [0.4, 0.5) is 0 Å². The van der Waals surface area contributed by atoms with Crippen molar-refractivity contribution in [1.82, 2.24) is 0 Å². The summed E-state index contributed by atoms with van der Waals surface area (Å²) in [5.41, 5.74) is 3.37. The molecule has 0 aromatic rings. The van der Waals surface area contributed by atoms with Crippen molar-refractivity contribution in [3.8, 4) is 0 Å². The SMILES string of the molecule is CCC1=CC[C@H](C2=CC=C(I)CC2)CC1. The summed E-state index contributed by atoms with van der Waals surface area (Å²) in [5, 5.41) is 0. The van der Waals surface area contributed by atoms with Crippen molar-refractivity contribution in [2.75, 3.05) is 0 Å². The van der Waals surface area contributed by atoms with E-state index in [0.717, 1.165) is 5.92 Å². The van der Waals surface area contributed by atoms with Crippen LogP contribution in [0.15, 0.2) is 33.0 Å². The summed E-state index contributed by atoms with van der Waals surface area (Å²) in [6.07, 6.45) is 15.0. The number of halogens is 1. The third-order valence-corrected chi connectivity index (χ3v) is 4.51. The van der Waals surface area contributed by atoms with E-state index in [1.165, 1.54) is 42.1 Å². The van der Waals surface area contributed by atoms with Crippen molar-refractivity contribution in [2.45, 2.75) is 45.4 Å². The zero-order valence-corrected chi connectivity index (χ0v) is 11.6. The summed E-state index contributed by atoms with van der Waals surface area (Å²) in [4.78, 5) is 0. The van der Waals surface area contributed by atoms with E-state index in [-0.39, 0.29) is 0 Å². The van der Waals surface area contributed by atoms with Crippen LogP contribution in [0.3, 0.4) is 0 Å². The monoisotopic (exact) mass is 314 g/mol. The maximum Gasteiger partial charge on any atom is -0.00909 e. The molecule has 0 aliphatic heterocycles. The lowest BCUT2D eigenvalue weighted by atomic mass is 9.81. The Bertz CT molecular complexity index is 320. The highest BCUT2D eigenvalue weighted by atomic mass is 127. The molecule has 0 aromatic heterocycles. The molecule has 0 heterocycles. The Hall–Kier alpha value is -0.0500. The van der Waals surface area contributed by atoms with Gasteiger partial charge in [0.15, 0.2) is 0 Å². The van der Waals surface area contributed by atoms with E-state index in [1.54, 1.807) is 11.1 Å². The van der Waals surface area contributed by atoms with Gasteiger partial charge in [-0.3, -0.25) is 0 Å². The molecular weight excluding hydrogens is 295 g/mol. The molecule has 0 unspecified atom stereocenters. The van der Waals surface area contributed by atoms with Crippen LogP contribution in [-0.2, 0) is 0 Å². The minimum Gasteiger partial charge on any atom is -0.0847 e. The van der Waals surface area contributed by atoms with Crippen molar-refractivity contribution < 1.29 is 0 Å². The predicted molar refractivity (Wildman–Crippen MR) is 75.1 cm³/mol. The second kappa shape index (κ2) is 5.33. The molecule has 0 saturated carbocycles. The van der Waals surface area contributed by atoms with Gasteiger partial charge in [-0.05, 0) is 70.6 Å². The number of allylic oxidation sites excluding steroid dienone is 6. The first-order chi connectivity index (χ1) is 7.29. The fraction of sp³-hybridized carbons (Fsp3) is 0.571. The molecule has 0 N–H and O–H groups in total. The Labute approximate surface area is 107 Å². The van der Waals surface area contributed by atoms with Gasteiger partial charge in [0, 0.05) is 0 Å². The van der Waals surface area contributed by atoms with Crippen molar-refractivity contribution in [1.29, 1.82) is 0 Å². The Morgan fingerprint density at radius 2 is 2.13 bits per heavy atom. The van der Waals surface area contributed by atoms with Crippen LogP contribution in [0, 0.1) is 5.92 Å². The minimum atomic E-state index is 0.848. The van der Waals surface area contributed by atoms with Gasteiger partial charge in [0.25, 0.3) is 0 Å². The van der Waals surface area contributed by atoms with Crippen LogP contribution in [0.25, 0.3) is 0 Å². The first-order valence-electron chi connectivity index (χ1n) is 6.02. The lowest BCUT2D eigenvalue weighted by Crippen LogP contribution is -2.10. The molecule has 0 radical (unpaired) electrons. The highest BCUT2D eigenvalue weighted by Gasteiger charge is 2.18. The minimum absolute atomic E-state index is 0.848. The summed E-state index contributed by atoms with van der Waals surface area (Å²) in [7, 11) is 0. The standard InChI is InChI=1S/C14H19I/c1-2-11-3-5-12(6-4-11)13-7-9-14(15)10-8-13/h3,7,9,12H,2,4-6,8,10H2,1H3/t12-/m0/s1. The fourth-order valence-electron chi connectivity index (χ4n) is 2.51. The molecule has 0 bridgehead atoms. The lowest BCUT2D eigenvalue weighted by Gasteiger charge is -2.25. The van der Waals surface area contributed by atoms with Crippen molar-refractivity contribution >= 4 is 22.6 Å². The quantitative estimate of drug-likeness (QED) is 0.488. The molecule has 82 valence electrons. The van der Waals surface area contributed by atoms with Gasteiger partial charge < -0.3 is 0 Å². The van der Waals surface area contributed by atoms with Crippen LogP contribution < -0.4 is 0 Å². The molecular formula is C14H19I. The predicted octanol–water partition coefficient (Wildman–Crippen LogP) is 5.16. The number of rotatable bonds is 2. The summed E-state index contributed by atoms with van der Waals surface area (Å²) in [6, 6.07) is 0. The van der Waals surface area contributed by atoms with Crippen LogP contribution in [0.1, 0.15) is 45.4 Å². The van der Waals surface area contributed by atoms with Crippen LogP contribution in [0.5, 0.6) is 0 Å². The normalized spacial score (nSPS) is 26.8. The summed E-state index contributed by atoms with van der Waals surface area (Å²) < 4.78 is 1.51. The molecule has 0 saturated heterocycles. The first kappa shape index (κ1) is 11.4. The molecule has 2 aliphatic rings. The zero-order valence-electron chi connectivity index (χ0n) is 9.43. The van der Waals surface area contributed by atoms with E-state index >= 15 is 0 Å². The van der Waals surface area contributed by atoms with Crippen LogP contribution in [0.2, 0.25) is 0 Å². The fourth-order valence-corrected chi connectivity index (χ4v) is 2.96. The molecule has 0 amide bonds. The van der Waals surface area contributed by atoms with Crippen LogP contribution in [-0.4, -0.2) is 0 Å². The van der Waals surface area contributed by atoms with Crippen LogP contribution >= 0.6 is 22.6 Å². The molecule has 2 rings (SSSR count). The molecule has 0 spiro atoms. The third-order valence-electron chi connectivity index (χ3n) is 3.61. The molecule has 0 fully saturated rings. The molecule has 2 aliphatic carbocycles. The third kappa shape index (κ3) is 2.96. The average molecular weight is 314 g/mol. The Morgan fingerprint density at radius 1 is 1.27 bits per heavy atom. The van der Waals surface area contributed by atoms with E-state index < -0.39 is 0 Å². The van der Waals surface area contributed by atoms with E-state index in [1.807, 2.05) is 0 Å². The Balaban J connectivity index is 1.99. The first-order valence-corrected chi connectivity index (χ1v) is 7.10. The van der Waals surface area contributed by atoms with E-state index in [9.17, 15) is 0 Å². The highest BCUT2D eigenvalue weighted by molar-refractivity contribution is 14.1. The van der Waals surface area contributed by atoms with Gasteiger partial charge in [0.05, 0.1) is 0 Å². The highest BCUT2D eigenvalue weighted by Crippen LogP contribution is 2.35. The summed E-state index contributed by atoms with van der Waals surface area (Å²) in [6.45, 7) is 2.27. The topological polar surface area (TPSA) is 0 Å². The summed E-state index contributed by atoms with van der Waals surface area (Å²) >= 11 is 2.45. The average Bonchev–Trinajstić information content (AvgIpc) is 2.30. The molecule has 0 aromatic carbocycles.